The molecule has 2 nitrogen and oxygen atoms in total. The number of para-hydroxylation sites is 4. The van der Waals surface area contributed by atoms with Crippen LogP contribution in [0.2, 0.25) is 0 Å². The molecule has 2 heteroatoms. The van der Waals surface area contributed by atoms with Crippen LogP contribution in [0.3, 0.4) is 0 Å². The molecule has 0 unspecified atom stereocenters. The van der Waals surface area contributed by atoms with Crippen LogP contribution in [0, 0.1) is 6.92 Å². The van der Waals surface area contributed by atoms with Crippen molar-refractivity contribution >= 4 is 49.2 Å². The van der Waals surface area contributed by atoms with Crippen LogP contribution in [0.4, 0.5) is 0 Å². The molecular weight excluding hydrogens is 484 g/mol. The number of benzene rings is 5. The van der Waals surface area contributed by atoms with Crippen molar-refractivity contribution in [1.82, 2.24) is 9.13 Å². The molecule has 1 aliphatic carbocycles. The largest absolute Gasteiger partial charge is 0.313 e. The van der Waals surface area contributed by atoms with Crippen molar-refractivity contribution < 1.29 is 0 Å². The van der Waals surface area contributed by atoms with E-state index in [1.165, 1.54) is 65.9 Å². The molecule has 1 aliphatic rings. The van der Waals surface area contributed by atoms with Crippen LogP contribution in [0.1, 0.15) is 24.5 Å². The monoisotopic (exact) mass is 514 g/mol. The van der Waals surface area contributed by atoms with Crippen molar-refractivity contribution in [2.45, 2.75) is 25.9 Å². The molecule has 0 radical (unpaired) electrons. The fourth-order valence-electron chi connectivity index (χ4n) is 7.18. The molecule has 5 aromatic carbocycles. The maximum atomic E-state index is 2.60. The fraction of sp³-hybridized carbons (Fsp3) is 0.105. The van der Waals surface area contributed by atoms with Crippen molar-refractivity contribution in [3.63, 3.8) is 0 Å². The Bertz CT molecular complexity index is 1940. The normalized spacial score (nSPS) is 15.2. The molecule has 0 saturated heterocycles. The van der Waals surface area contributed by atoms with Gasteiger partial charge in [-0.25, -0.2) is 0 Å². The number of fused-ring (bicyclic) bond motifs is 6. The van der Waals surface area contributed by atoms with Gasteiger partial charge in [-0.15, -0.1) is 0 Å². The van der Waals surface area contributed by atoms with E-state index in [-0.39, 0.29) is 0 Å². The molecule has 0 fully saturated rings. The molecule has 2 heterocycles. The van der Waals surface area contributed by atoms with E-state index in [2.05, 4.69) is 156 Å². The average Bonchev–Trinajstić information content (AvgIpc) is 3.52. The third-order valence-corrected chi connectivity index (χ3v) is 8.87. The average molecular weight is 515 g/mol. The number of nitrogens with zero attached hydrogens (tertiary/aromatic N) is 2. The number of hydrogen-bond donors (Lipinski definition) is 0. The summed E-state index contributed by atoms with van der Waals surface area (Å²) >= 11 is 0. The smallest absolute Gasteiger partial charge is 0.145 e. The van der Waals surface area contributed by atoms with Crippen LogP contribution in [0.25, 0.3) is 49.2 Å². The maximum Gasteiger partial charge on any atom is 0.145 e. The first kappa shape index (κ1) is 23.1. The highest BCUT2D eigenvalue weighted by Crippen LogP contribution is 2.47. The highest BCUT2D eigenvalue weighted by atomic mass is 15.3. The Morgan fingerprint density at radius 3 is 1.32 bits per heavy atom. The lowest BCUT2D eigenvalue weighted by molar-refractivity contribution is 0.338. The van der Waals surface area contributed by atoms with E-state index in [9.17, 15) is 0 Å². The van der Waals surface area contributed by atoms with Gasteiger partial charge in [0.25, 0.3) is 0 Å². The molecule has 0 N–H and O–H groups in total. The summed E-state index contributed by atoms with van der Waals surface area (Å²) in [4.78, 5) is 0. The summed E-state index contributed by atoms with van der Waals surface area (Å²) < 4.78 is 5.20. The first-order chi connectivity index (χ1) is 19.7. The summed E-state index contributed by atoms with van der Waals surface area (Å²) in [6.45, 7) is 4.53. The molecule has 7 aromatic rings. The van der Waals surface area contributed by atoms with Crippen molar-refractivity contribution in [2.24, 2.45) is 0 Å². The molecule has 0 amide bonds. The summed E-state index contributed by atoms with van der Waals surface area (Å²) in [5.41, 5.74) is 9.86. The van der Waals surface area contributed by atoms with Crippen molar-refractivity contribution in [3.05, 3.63) is 150 Å². The zero-order valence-corrected chi connectivity index (χ0v) is 22.8. The highest BCUT2D eigenvalue weighted by molar-refractivity contribution is 6.10. The molecule has 2 aromatic heterocycles. The molecule has 0 saturated carbocycles. The lowest BCUT2D eigenvalue weighted by atomic mass is 9.85. The fourth-order valence-corrected chi connectivity index (χ4v) is 7.18. The van der Waals surface area contributed by atoms with Crippen LogP contribution in [-0.2, 0) is 5.66 Å². The van der Waals surface area contributed by atoms with Crippen molar-refractivity contribution in [2.75, 3.05) is 0 Å². The maximum absolute atomic E-state index is 2.60. The number of aromatic nitrogens is 2. The third-order valence-electron chi connectivity index (χ3n) is 8.87. The van der Waals surface area contributed by atoms with Crippen molar-refractivity contribution in [3.8, 4) is 0 Å². The van der Waals surface area contributed by atoms with E-state index >= 15 is 0 Å². The Morgan fingerprint density at radius 1 is 0.500 bits per heavy atom. The summed E-state index contributed by atoms with van der Waals surface area (Å²) in [5, 5.41) is 5.16. The summed E-state index contributed by atoms with van der Waals surface area (Å²) in [6, 6.07) is 44.3. The predicted molar refractivity (Wildman–Crippen MR) is 170 cm³/mol. The molecular formula is C38H30N2. The SMILES string of the molecule is CC1=C(c2ccccc2C)C=CC(n2c3ccccc3c3ccccc32)(n2c3ccccc3c3ccccc32)C1. The molecule has 40 heavy (non-hydrogen) atoms. The second-order valence-electron chi connectivity index (χ2n) is 11.1. The Hall–Kier alpha value is -4.82. The zero-order valence-electron chi connectivity index (χ0n) is 22.8. The summed E-state index contributed by atoms with van der Waals surface area (Å²) in [5.74, 6) is 0. The Morgan fingerprint density at radius 2 is 0.900 bits per heavy atom. The van der Waals surface area contributed by atoms with Gasteiger partial charge in [-0.2, -0.15) is 0 Å². The predicted octanol–water partition coefficient (Wildman–Crippen LogP) is 9.85. The molecule has 0 atom stereocenters. The van der Waals surface area contributed by atoms with Gasteiger partial charge in [0.05, 0.1) is 22.1 Å². The quantitative estimate of drug-likeness (QED) is 0.222. The van der Waals surface area contributed by atoms with Gasteiger partial charge in [0, 0.05) is 28.0 Å². The number of allylic oxidation sites excluding steroid dienone is 4. The summed E-state index contributed by atoms with van der Waals surface area (Å²) in [7, 11) is 0. The summed E-state index contributed by atoms with van der Waals surface area (Å²) in [6.07, 6.45) is 5.71. The van der Waals surface area contributed by atoms with Crippen LogP contribution >= 0.6 is 0 Å². The van der Waals surface area contributed by atoms with Gasteiger partial charge in [-0.05, 0) is 60.9 Å². The van der Waals surface area contributed by atoms with E-state index in [4.69, 9.17) is 0 Å². The third kappa shape index (κ3) is 3.11. The topological polar surface area (TPSA) is 9.86 Å². The van der Waals surface area contributed by atoms with Gasteiger partial charge in [0.2, 0.25) is 0 Å². The zero-order chi connectivity index (χ0) is 26.8. The minimum Gasteiger partial charge on any atom is -0.313 e. The first-order valence-electron chi connectivity index (χ1n) is 14.1. The lowest BCUT2D eigenvalue weighted by Crippen LogP contribution is -2.40. The Kier molecular flexibility index (Phi) is 4.96. The first-order valence-corrected chi connectivity index (χ1v) is 14.1. The van der Waals surface area contributed by atoms with Gasteiger partial charge in [0.15, 0.2) is 0 Å². The Labute approximate surface area is 234 Å². The van der Waals surface area contributed by atoms with E-state index < -0.39 is 5.66 Å². The van der Waals surface area contributed by atoms with E-state index in [1.54, 1.807) is 0 Å². The standard InChI is InChI=1S/C38H30N2/c1-26-13-3-4-14-28(26)29-23-24-38(25-27(29)2,39-34-19-9-5-15-30(34)31-16-6-10-20-35(31)39)40-36-21-11-7-17-32(36)33-18-8-12-22-37(33)40/h3-24H,25H2,1-2H3. The van der Waals surface area contributed by atoms with E-state index in [1.807, 2.05) is 0 Å². The van der Waals surface area contributed by atoms with Crippen LogP contribution < -0.4 is 0 Å². The van der Waals surface area contributed by atoms with Gasteiger partial charge >= 0.3 is 0 Å². The molecule has 192 valence electrons. The van der Waals surface area contributed by atoms with Gasteiger partial charge < -0.3 is 9.13 Å². The van der Waals surface area contributed by atoms with Gasteiger partial charge in [-0.3, -0.25) is 0 Å². The minimum atomic E-state index is -0.484. The second-order valence-corrected chi connectivity index (χ2v) is 11.1. The van der Waals surface area contributed by atoms with Gasteiger partial charge in [0.1, 0.15) is 5.66 Å². The molecule has 0 aliphatic heterocycles. The number of rotatable bonds is 3. The molecule has 0 spiro atoms. The van der Waals surface area contributed by atoms with Crippen LogP contribution in [0.15, 0.2) is 139 Å². The van der Waals surface area contributed by atoms with E-state index in [0.717, 1.165) is 6.42 Å². The van der Waals surface area contributed by atoms with Crippen LogP contribution in [-0.4, -0.2) is 9.13 Å². The van der Waals surface area contributed by atoms with Gasteiger partial charge in [-0.1, -0.05) is 109 Å². The highest BCUT2D eigenvalue weighted by Gasteiger charge is 2.39. The minimum absolute atomic E-state index is 0.484. The second kappa shape index (κ2) is 8.59. The Balaban J connectivity index is 1.53. The molecule has 8 rings (SSSR count). The number of hydrogen-bond acceptors (Lipinski definition) is 0. The lowest BCUT2D eigenvalue weighted by Gasteiger charge is -2.40. The van der Waals surface area contributed by atoms with Crippen molar-refractivity contribution in [1.29, 1.82) is 0 Å². The van der Waals surface area contributed by atoms with Crippen LogP contribution in [0.5, 0.6) is 0 Å². The van der Waals surface area contributed by atoms with E-state index in [0.29, 0.717) is 0 Å². The molecule has 0 bridgehead atoms. The number of aryl methyl sites for hydroxylation is 1.